The molecule has 0 bridgehead atoms. The molecular weight excluding hydrogens is 256 g/mol. The third-order valence-corrected chi connectivity index (χ3v) is 6.08. The first-order valence-electron chi connectivity index (χ1n) is 8.86. The van der Waals surface area contributed by atoms with Crippen LogP contribution in [0.3, 0.4) is 0 Å². The minimum absolute atomic E-state index is 0.279. The van der Waals surface area contributed by atoms with Gasteiger partial charge in [-0.15, -0.1) is 0 Å². The van der Waals surface area contributed by atoms with E-state index in [-0.39, 0.29) is 11.5 Å². The molecule has 2 aliphatic carbocycles. The van der Waals surface area contributed by atoms with Crippen molar-refractivity contribution in [3.05, 3.63) is 35.4 Å². The predicted octanol–water partition coefficient (Wildman–Crippen LogP) is 5.59. The summed E-state index contributed by atoms with van der Waals surface area (Å²) in [4.78, 5) is 0. The number of aliphatic hydroxyl groups is 1. The average Bonchev–Trinajstić information content (AvgIpc) is 2.87. The van der Waals surface area contributed by atoms with E-state index in [1.165, 1.54) is 56.9 Å². The van der Waals surface area contributed by atoms with Crippen molar-refractivity contribution in [2.45, 2.75) is 77.2 Å². The van der Waals surface area contributed by atoms with Crippen molar-refractivity contribution < 1.29 is 5.11 Å². The van der Waals surface area contributed by atoms with Gasteiger partial charge in [0.25, 0.3) is 0 Å². The lowest BCUT2D eigenvalue weighted by molar-refractivity contribution is 0.0531. The summed E-state index contributed by atoms with van der Waals surface area (Å²) in [6.07, 6.45) is 10.2. The van der Waals surface area contributed by atoms with Gasteiger partial charge >= 0.3 is 0 Å². The Kier molecular flexibility index (Phi) is 4.40. The zero-order valence-electron chi connectivity index (χ0n) is 13.6. The van der Waals surface area contributed by atoms with Crippen molar-refractivity contribution in [1.29, 1.82) is 0 Å². The highest BCUT2D eigenvalue weighted by atomic mass is 16.3. The van der Waals surface area contributed by atoms with Crippen LogP contribution in [0.15, 0.2) is 24.3 Å². The molecule has 1 heteroatoms. The van der Waals surface area contributed by atoms with E-state index in [2.05, 4.69) is 38.1 Å². The fraction of sp³-hybridized carbons (Fsp3) is 0.700. The molecule has 0 amide bonds. The van der Waals surface area contributed by atoms with Crippen LogP contribution >= 0.6 is 0 Å². The standard InChI is InChI=1S/C20H30O/c1-20(2)14-6-9-18(20)19(21)17-12-10-16(11-13-17)15-7-4-3-5-8-15/h10-13,15,18-19,21H,3-9,14H2,1-2H3. The van der Waals surface area contributed by atoms with Crippen LogP contribution in [0.4, 0.5) is 0 Å². The Morgan fingerprint density at radius 2 is 1.62 bits per heavy atom. The Labute approximate surface area is 129 Å². The van der Waals surface area contributed by atoms with Gasteiger partial charge in [-0.3, -0.25) is 0 Å². The normalized spacial score (nSPS) is 27.7. The van der Waals surface area contributed by atoms with E-state index in [1.807, 2.05) is 0 Å². The number of benzene rings is 1. The van der Waals surface area contributed by atoms with Crippen LogP contribution in [-0.4, -0.2) is 5.11 Å². The maximum atomic E-state index is 10.8. The van der Waals surface area contributed by atoms with Crippen LogP contribution in [0.5, 0.6) is 0 Å². The summed E-state index contributed by atoms with van der Waals surface area (Å²) < 4.78 is 0. The fourth-order valence-electron chi connectivity index (χ4n) is 4.57. The topological polar surface area (TPSA) is 20.2 Å². The van der Waals surface area contributed by atoms with E-state index >= 15 is 0 Å². The summed E-state index contributed by atoms with van der Waals surface area (Å²) in [6, 6.07) is 8.92. The molecule has 0 saturated heterocycles. The summed E-state index contributed by atoms with van der Waals surface area (Å²) in [7, 11) is 0. The number of hydrogen-bond donors (Lipinski definition) is 1. The summed E-state index contributed by atoms with van der Waals surface area (Å²) in [5, 5.41) is 10.8. The van der Waals surface area contributed by atoms with Crippen molar-refractivity contribution in [2.75, 3.05) is 0 Å². The zero-order valence-corrected chi connectivity index (χ0v) is 13.6. The van der Waals surface area contributed by atoms with Gasteiger partial charge in [0.2, 0.25) is 0 Å². The van der Waals surface area contributed by atoms with Crippen LogP contribution in [0.25, 0.3) is 0 Å². The largest absolute Gasteiger partial charge is 0.388 e. The smallest absolute Gasteiger partial charge is 0.0823 e. The molecule has 0 heterocycles. The second kappa shape index (κ2) is 6.12. The second-order valence-corrected chi connectivity index (χ2v) is 7.93. The van der Waals surface area contributed by atoms with Crippen molar-refractivity contribution >= 4 is 0 Å². The lowest BCUT2D eigenvalue weighted by Crippen LogP contribution is -2.24. The Morgan fingerprint density at radius 1 is 0.952 bits per heavy atom. The van der Waals surface area contributed by atoms with Gasteiger partial charge in [0.1, 0.15) is 0 Å². The first-order chi connectivity index (χ1) is 10.1. The SMILES string of the molecule is CC1(C)CCCC1C(O)c1ccc(C2CCCCC2)cc1. The minimum Gasteiger partial charge on any atom is -0.388 e. The van der Waals surface area contributed by atoms with Crippen molar-refractivity contribution in [3.63, 3.8) is 0 Å². The third kappa shape index (κ3) is 3.18. The molecule has 21 heavy (non-hydrogen) atoms. The second-order valence-electron chi connectivity index (χ2n) is 7.93. The highest BCUT2D eigenvalue weighted by molar-refractivity contribution is 5.27. The Bertz CT molecular complexity index is 453. The first-order valence-corrected chi connectivity index (χ1v) is 8.86. The van der Waals surface area contributed by atoms with Gasteiger partial charge in [-0.2, -0.15) is 0 Å². The van der Waals surface area contributed by atoms with Gasteiger partial charge in [0, 0.05) is 0 Å². The first kappa shape index (κ1) is 15.1. The molecule has 1 nitrogen and oxygen atoms in total. The molecule has 3 rings (SSSR count). The van der Waals surface area contributed by atoms with Crippen molar-refractivity contribution in [3.8, 4) is 0 Å². The number of hydrogen-bond acceptors (Lipinski definition) is 1. The number of aliphatic hydroxyl groups excluding tert-OH is 1. The quantitative estimate of drug-likeness (QED) is 0.767. The minimum atomic E-state index is -0.289. The van der Waals surface area contributed by atoms with Crippen molar-refractivity contribution in [2.24, 2.45) is 11.3 Å². The molecule has 1 aromatic carbocycles. The predicted molar refractivity (Wildman–Crippen MR) is 88.3 cm³/mol. The molecule has 0 aliphatic heterocycles. The molecule has 0 spiro atoms. The van der Waals surface area contributed by atoms with E-state index in [0.717, 1.165) is 11.5 Å². The third-order valence-electron chi connectivity index (χ3n) is 6.08. The summed E-state index contributed by atoms with van der Waals surface area (Å²) >= 11 is 0. The lowest BCUT2D eigenvalue weighted by Gasteiger charge is -2.31. The van der Waals surface area contributed by atoms with Crippen LogP contribution in [0.2, 0.25) is 0 Å². The van der Waals surface area contributed by atoms with Gasteiger partial charge < -0.3 is 5.11 Å². The zero-order chi connectivity index (χ0) is 14.9. The van der Waals surface area contributed by atoms with Crippen LogP contribution in [0, 0.1) is 11.3 Å². The van der Waals surface area contributed by atoms with Gasteiger partial charge in [-0.1, -0.05) is 63.8 Å². The van der Waals surface area contributed by atoms with E-state index in [0.29, 0.717) is 5.92 Å². The molecule has 2 atom stereocenters. The van der Waals surface area contributed by atoms with Gasteiger partial charge in [0.15, 0.2) is 0 Å². The Balaban J connectivity index is 1.71. The molecule has 2 unspecified atom stereocenters. The van der Waals surface area contributed by atoms with Crippen LogP contribution in [-0.2, 0) is 0 Å². The van der Waals surface area contributed by atoms with Gasteiger partial charge in [0.05, 0.1) is 6.10 Å². The average molecular weight is 286 g/mol. The van der Waals surface area contributed by atoms with Crippen LogP contribution < -0.4 is 0 Å². The van der Waals surface area contributed by atoms with Crippen molar-refractivity contribution in [1.82, 2.24) is 0 Å². The monoisotopic (exact) mass is 286 g/mol. The molecule has 1 aromatic rings. The lowest BCUT2D eigenvalue weighted by atomic mass is 9.76. The maximum absolute atomic E-state index is 10.8. The van der Waals surface area contributed by atoms with Crippen LogP contribution in [0.1, 0.15) is 88.4 Å². The highest BCUT2D eigenvalue weighted by Crippen LogP contribution is 2.48. The van der Waals surface area contributed by atoms with Gasteiger partial charge in [-0.05, 0) is 54.1 Å². The molecular formula is C20H30O. The molecule has 2 aliphatic rings. The van der Waals surface area contributed by atoms with E-state index < -0.39 is 0 Å². The van der Waals surface area contributed by atoms with E-state index in [1.54, 1.807) is 0 Å². The molecule has 116 valence electrons. The Hall–Kier alpha value is -0.820. The molecule has 2 saturated carbocycles. The van der Waals surface area contributed by atoms with Gasteiger partial charge in [-0.25, -0.2) is 0 Å². The molecule has 1 N–H and O–H groups in total. The summed E-state index contributed by atoms with van der Waals surface area (Å²) in [6.45, 7) is 4.62. The van der Waals surface area contributed by atoms with E-state index in [9.17, 15) is 5.11 Å². The van der Waals surface area contributed by atoms with E-state index in [4.69, 9.17) is 0 Å². The summed E-state index contributed by atoms with van der Waals surface area (Å²) in [5.74, 6) is 1.17. The molecule has 0 radical (unpaired) electrons. The molecule has 2 fully saturated rings. The summed E-state index contributed by atoms with van der Waals surface area (Å²) in [5.41, 5.74) is 2.88. The molecule has 0 aromatic heterocycles. The highest BCUT2D eigenvalue weighted by Gasteiger charge is 2.39. The Morgan fingerprint density at radius 3 is 2.19 bits per heavy atom. The maximum Gasteiger partial charge on any atom is 0.0823 e. The number of rotatable bonds is 3. The fourth-order valence-corrected chi connectivity index (χ4v) is 4.57.